The predicted molar refractivity (Wildman–Crippen MR) is 87.4 cm³/mol. The molecular formula is C19H17NO4. The summed E-state index contributed by atoms with van der Waals surface area (Å²) >= 11 is 0. The van der Waals surface area contributed by atoms with E-state index in [2.05, 4.69) is 0 Å². The minimum Gasteiger partial charge on any atom is -0.459 e. The molecule has 1 atom stereocenters. The number of esters is 1. The summed E-state index contributed by atoms with van der Waals surface area (Å²) in [7, 11) is 0. The highest BCUT2D eigenvalue weighted by molar-refractivity contribution is 6.22. The Balaban J connectivity index is 1.70. The summed E-state index contributed by atoms with van der Waals surface area (Å²) in [5.41, 5.74) is 2.57. The number of hydrogen-bond donors (Lipinski definition) is 0. The second-order valence-corrected chi connectivity index (χ2v) is 5.80. The first-order valence-electron chi connectivity index (χ1n) is 7.68. The van der Waals surface area contributed by atoms with Crippen LogP contribution in [0.4, 0.5) is 0 Å². The highest BCUT2D eigenvalue weighted by Gasteiger charge is 2.41. The lowest BCUT2D eigenvalue weighted by Crippen LogP contribution is -2.43. The zero-order chi connectivity index (χ0) is 17.3. The normalized spacial score (nSPS) is 14.5. The quantitative estimate of drug-likeness (QED) is 0.641. The van der Waals surface area contributed by atoms with E-state index in [4.69, 9.17) is 4.74 Å². The van der Waals surface area contributed by atoms with Crippen LogP contribution in [0.1, 0.15) is 38.8 Å². The molecule has 0 aromatic heterocycles. The van der Waals surface area contributed by atoms with Gasteiger partial charge in [-0.05, 0) is 31.5 Å². The Bertz CT molecular complexity index is 793. The molecule has 5 heteroatoms. The molecule has 5 nitrogen and oxygen atoms in total. The summed E-state index contributed by atoms with van der Waals surface area (Å²) in [5, 5.41) is 0. The molecule has 2 amide bonds. The number of carbonyl (C=O) groups is 3. The molecule has 0 aliphatic carbocycles. The van der Waals surface area contributed by atoms with Gasteiger partial charge in [0, 0.05) is 0 Å². The number of imide groups is 1. The standard InChI is InChI=1S/C19H17NO4/c1-12-6-5-7-14(10-12)11-24-19(23)13(2)20-17(21)15-8-3-4-9-16(15)18(20)22/h3-10,13H,11H2,1-2H3/t13-/m0/s1. The van der Waals surface area contributed by atoms with Crippen LogP contribution in [0.2, 0.25) is 0 Å². The summed E-state index contributed by atoms with van der Waals surface area (Å²) in [6.45, 7) is 3.56. The van der Waals surface area contributed by atoms with Crippen LogP contribution in [0.5, 0.6) is 0 Å². The molecule has 0 saturated carbocycles. The second kappa shape index (κ2) is 6.28. The van der Waals surface area contributed by atoms with Gasteiger partial charge < -0.3 is 4.74 Å². The van der Waals surface area contributed by atoms with Crippen molar-refractivity contribution in [1.29, 1.82) is 0 Å². The average molecular weight is 323 g/mol. The van der Waals surface area contributed by atoms with Crippen LogP contribution in [-0.4, -0.2) is 28.7 Å². The Morgan fingerprint density at radius 3 is 2.25 bits per heavy atom. The number of fused-ring (bicyclic) bond motifs is 1. The molecule has 2 aromatic rings. The molecule has 2 aromatic carbocycles. The minimum atomic E-state index is -0.970. The number of carbonyl (C=O) groups excluding carboxylic acids is 3. The first kappa shape index (κ1) is 15.9. The van der Waals surface area contributed by atoms with Crippen LogP contribution in [0.25, 0.3) is 0 Å². The van der Waals surface area contributed by atoms with Crippen LogP contribution in [0.15, 0.2) is 48.5 Å². The van der Waals surface area contributed by atoms with Crippen LogP contribution >= 0.6 is 0 Å². The Kier molecular flexibility index (Phi) is 4.16. The summed E-state index contributed by atoms with van der Waals surface area (Å²) in [5.74, 6) is -1.53. The lowest BCUT2D eigenvalue weighted by atomic mass is 10.1. The topological polar surface area (TPSA) is 63.7 Å². The molecule has 0 spiro atoms. The van der Waals surface area contributed by atoms with Crippen molar-refractivity contribution in [3.63, 3.8) is 0 Å². The van der Waals surface area contributed by atoms with E-state index in [-0.39, 0.29) is 6.61 Å². The SMILES string of the molecule is Cc1cccc(COC(=O)[C@H](C)N2C(=O)c3ccccc3C2=O)c1. The lowest BCUT2D eigenvalue weighted by molar-refractivity contribution is -0.149. The third kappa shape index (κ3) is 2.80. The zero-order valence-electron chi connectivity index (χ0n) is 13.5. The highest BCUT2D eigenvalue weighted by atomic mass is 16.5. The van der Waals surface area contributed by atoms with Crippen molar-refractivity contribution >= 4 is 17.8 Å². The fraction of sp³-hybridized carbons (Fsp3) is 0.211. The smallest absolute Gasteiger partial charge is 0.329 e. The van der Waals surface area contributed by atoms with Crippen molar-refractivity contribution in [2.75, 3.05) is 0 Å². The van der Waals surface area contributed by atoms with Gasteiger partial charge in [0.1, 0.15) is 12.6 Å². The van der Waals surface area contributed by atoms with Crippen LogP contribution in [0, 0.1) is 6.92 Å². The van der Waals surface area contributed by atoms with Gasteiger partial charge in [0.2, 0.25) is 0 Å². The van der Waals surface area contributed by atoms with Gasteiger partial charge >= 0.3 is 5.97 Å². The summed E-state index contributed by atoms with van der Waals surface area (Å²) in [4.78, 5) is 38.0. The summed E-state index contributed by atoms with van der Waals surface area (Å²) in [6, 6.07) is 13.2. The van der Waals surface area contributed by atoms with Crippen molar-refractivity contribution in [2.45, 2.75) is 26.5 Å². The Labute approximate surface area is 139 Å². The van der Waals surface area contributed by atoms with Gasteiger partial charge in [-0.15, -0.1) is 0 Å². The number of hydrogen-bond acceptors (Lipinski definition) is 4. The van der Waals surface area contributed by atoms with E-state index >= 15 is 0 Å². The van der Waals surface area contributed by atoms with Crippen molar-refractivity contribution in [3.8, 4) is 0 Å². The predicted octanol–water partition coefficient (Wildman–Crippen LogP) is 2.72. The van der Waals surface area contributed by atoms with Gasteiger partial charge in [0.15, 0.2) is 0 Å². The number of rotatable bonds is 4. The maximum absolute atomic E-state index is 12.4. The van der Waals surface area contributed by atoms with Gasteiger partial charge in [-0.25, -0.2) is 4.79 Å². The molecule has 3 rings (SSSR count). The fourth-order valence-corrected chi connectivity index (χ4v) is 2.74. The van der Waals surface area contributed by atoms with Gasteiger partial charge in [-0.2, -0.15) is 0 Å². The van der Waals surface area contributed by atoms with E-state index in [1.165, 1.54) is 6.92 Å². The van der Waals surface area contributed by atoms with E-state index in [0.29, 0.717) is 11.1 Å². The lowest BCUT2D eigenvalue weighted by Gasteiger charge is -2.21. The molecular weight excluding hydrogens is 306 g/mol. The van der Waals surface area contributed by atoms with E-state index in [9.17, 15) is 14.4 Å². The van der Waals surface area contributed by atoms with Crippen LogP contribution in [-0.2, 0) is 16.1 Å². The van der Waals surface area contributed by atoms with Crippen molar-refractivity contribution in [1.82, 2.24) is 4.90 Å². The molecule has 0 fully saturated rings. The number of nitrogens with zero attached hydrogens (tertiary/aromatic N) is 1. The zero-order valence-corrected chi connectivity index (χ0v) is 13.5. The van der Waals surface area contributed by atoms with E-state index in [1.807, 2.05) is 31.2 Å². The fourth-order valence-electron chi connectivity index (χ4n) is 2.74. The Hall–Kier alpha value is -2.95. The molecule has 24 heavy (non-hydrogen) atoms. The molecule has 0 N–H and O–H groups in total. The maximum Gasteiger partial charge on any atom is 0.329 e. The van der Waals surface area contributed by atoms with Crippen molar-refractivity contribution in [2.24, 2.45) is 0 Å². The van der Waals surface area contributed by atoms with E-state index in [0.717, 1.165) is 16.0 Å². The summed E-state index contributed by atoms with van der Waals surface area (Å²) < 4.78 is 5.27. The van der Waals surface area contributed by atoms with Gasteiger partial charge in [-0.1, -0.05) is 42.0 Å². The van der Waals surface area contributed by atoms with Gasteiger partial charge in [0.05, 0.1) is 11.1 Å². The number of benzene rings is 2. The van der Waals surface area contributed by atoms with Gasteiger partial charge in [-0.3, -0.25) is 14.5 Å². The molecule has 0 bridgehead atoms. The summed E-state index contributed by atoms with van der Waals surface area (Å²) in [6.07, 6.45) is 0. The van der Waals surface area contributed by atoms with E-state index in [1.54, 1.807) is 24.3 Å². The first-order chi connectivity index (χ1) is 11.5. The van der Waals surface area contributed by atoms with Crippen molar-refractivity contribution < 1.29 is 19.1 Å². The number of amides is 2. The molecule has 1 heterocycles. The maximum atomic E-state index is 12.4. The van der Waals surface area contributed by atoms with Crippen LogP contribution in [0.3, 0.4) is 0 Å². The third-order valence-electron chi connectivity index (χ3n) is 4.02. The molecule has 0 radical (unpaired) electrons. The molecule has 1 aliphatic rings. The molecule has 0 unspecified atom stereocenters. The molecule has 0 saturated heterocycles. The Morgan fingerprint density at radius 2 is 1.67 bits per heavy atom. The molecule has 122 valence electrons. The van der Waals surface area contributed by atoms with Crippen molar-refractivity contribution in [3.05, 3.63) is 70.8 Å². The highest BCUT2D eigenvalue weighted by Crippen LogP contribution is 2.24. The van der Waals surface area contributed by atoms with Crippen LogP contribution < -0.4 is 0 Å². The second-order valence-electron chi connectivity index (χ2n) is 5.80. The first-order valence-corrected chi connectivity index (χ1v) is 7.68. The minimum absolute atomic E-state index is 0.105. The average Bonchev–Trinajstić information content (AvgIpc) is 2.84. The molecule has 1 aliphatic heterocycles. The third-order valence-corrected chi connectivity index (χ3v) is 4.02. The largest absolute Gasteiger partial charge is 0.459 e. The monoisotopic (exact) mass is 323 g/mol. The number of ether oxygens (including phenoxy) is 1. The van der Waals surface area contributed by atoms with E-state index < -0.39 is 23.8 Å². The number of aryl methyl sites for hydroxylation is 1. The Morgan fingerprint density at radius 1 is 1.04 bits per heavy atom. The van der Waals surface area contributed by atoms with Gasteiger partial charge in [0.25, 0.3) is 11.8 Å².